The molecule has 1 heterocycles. The Hall–Kier alpha value is -1.97. The molecule has 1 aromatic carbocycles. The first-order valence-corrected chi connectivity index (χ1v) is 6.60. The van der Waals surface area contributed by atoms with Gasteiger partial charge in [0.25, 0.3) is 0 Å². The number of benzene rings is 1. The summed E-state index contributed by atoms with van der Waals surface area (Å²) in [6, 6.07) is 9.07. The number of nitrogens with zero attached hydrogens (tertiary/aromatic N) is 1. The van der Waals surface area contributed by atoms with Gasteiger partial charge in [0.1, 0.15) is 0 Å². The number of imide groups is 1. The predicted molar refractivity (Wildman–Crippen MR) is 70.6 cm³/mol. The molecule has 0 atom stereocenters. The third kappa shape index (κ3) is 3.50. The van der Waals surface area contributed by atoms with Gasteiger partial charge in [-0.15, -0.1) is 0 Å². The highest BCUT2D eigenvalue weighted by molar-refractivity contribution is 5.98. The zero-order valence-electron chi connectivity index (χ0n) is 10.8. The average molecular weight is 259 g/mol. The Morgan fingerprint density at radius 2 is 1.68 bits per heavy atom. The van der Waals surface area contributed by atoms with Crippen LogP contribution in [-0.4, -0.2) is 29.0 Å². The minimum absolute atomic E-state index is 0.0532. The molecule has 1 aliphatic rings. The van der Waals surface area contributed by atoms with Crippen molar-refractivity contribution in [2.24, 2.45) is 0 Å². The Balaban J connectivity index is 1.82. The van der Waals surface area contributed by atoms with Crippen LogP contribution in [0.25, 0.3) is 0 Å². The molecule has 2 amide bonds. The molecule has 1 saturated heterocycles. The summed E-state index contributed by atoms with van der Waals surface area (Å²) in [5.41, 5.74) is 0.679. The monoisotopic (exact) mass is 259 g/mol. The maximum absolute atomic E-state index is 11.9. The molecule has 0 N–H and O–H groups in total. The van der Waals surface area contributed by atoms with Crippen molar-refractivity contribution in [1.82, 2.24) is 4.90 Å². The summed E-state index contributed by atoms with van der Waals surface area (Å²) in [7, 11) is 0. The van der Waals surface area contributed by atoms with E-state index in [0.717, 1.165) is 0 Å². The second kappa shape index (κ2) is 6.27. The Morgan fingerprint density at radius 1 is 1.05 bits per heavy atom. The van der Waals surface area contributed by atoms with Gasteiger partial charge in [0.2, 0.25) is 11.8 Å². The smallest absolute Gasteiger partial charge is 0.229 e. The van der Waals surface area contributed by atoms with E-state index in [1.165, 1.54) is 4.90 Å². The Labute approximate surface area is 112 Å². The molecule has 0 aliphatic carbocycles. The van der Waals surface area contributed by atoms with Crippen molar-refractivity contribution in [3.8, 4) is 0 Å². The summed E-state index contributed by atoms with van der Waals surface area (Å²) in [6.07, 6.45) is 2.43. The molecule has 0 spiro atoms. The van der Waals surface area contributed by atoms with Gasteiger partial charge >= 0.3 is 0 Å². The van der Waals surface area contributed by atoms with E-state index in [-0.39, 0.29) is 17.6 Å². The van der Waals surface area contributed by atoms with Crippen molar-refractivity contribution in [2.75, 3.05) is 6.54 Å². The molecule has 1 fully saturated rings. The fourth-order valence-corrected chi connectivity index (χ4v) is 2.22. The molecule has 0 aromatic heterocycles. The third-order valence-corrected chi connectivity index (χ3v) is 3.26. The lowest BCUT2D eigenvalue weighted by atomic mass is 10.1. The van der Waals surface area contributed by atoms with E-state index in [2.05, 4.69) is 0 Å². The van der Waals surface area contributed by atoms with E-state index in [9.17, 15) is 14.4 Å². The van der Waals surface area contributed by atoms with Crippen LogP contribution in [0.4, 0.5) is 0 Å². The van der Waals surface area contributed by atoms with Crippen LogP contribution >= 0.6 is 0 Å². The second-order valence-electron chi connectivity index (χ2n) is 4.69. The molecule has 0 unspecified atom stereocenters. The molecule has 1 aromatic rings. The fraction of sp³-hybridized carbons (Fsp3) is 0.400. The van der Waals surface area contributed by atoms with Gasteiger partial charge in [-0.3, -0.25) is 19.3 Å². The molecule has 0 saturated carbocycles. The number of likely N-dealkylation sites (tertiary alicyclic amines) is 1. The van der Waals surface area contributed by atoms with Crippen molar-refractivity contribution in [1.29, 1.82) is 0 Å². The average Bonchev–Trinajstić information content (AvgIpc) is 2.43. The molecule has 4 heteroatoms. The van der Waals surface area contributed by atoms with E-state index in [1.807, 2.05) is 18.2 Å². The second-order valence-corrected chi connectivity index (χ2v) is 4.69. The SMILES string of the molecule is O=C(CCCN1C(=O)CCCC1=O)c1ccccc1. The molecule has 19 heavy (non-hydrogen) atoms. The number of amides is 2. The summed E-state index contributed by atoms with van der Waals surface area (Å²) in [6.45, 7) is 0.357. The Kier molecular flexibility index (Phi) is 4.44. The molecule has 100 valence electrons. The van der Waals surface area contributed by atoms with Crippen molar-refractivity contribution < 1.29 is 14.4 Å². The first-order chi connectivity index (χ1) is 9.18. The highest BCUT2D eigenvalue weighted by Gasteiger charge is 2.25. The van der Waals surface area contributed by atoms with Gasteiger partial charge in [-0.05, 0) is 12.8 Å². The van der Waals surface area contributed by atoms with Crippen LogP contribution < -0.4 is 0 Å². The maximum atomic E-state index is 11.9. The normalized spacial score (nSPS) is 15.7. The quantitative estimate of drug-likeness (QED) is 0.601. The first kappa shape index (κ1) is 13.5. The number of hydrogen-bond acceptors (Lipinski definition) is 3. The first-order valence-electron chi connectivity index (χ1n) is 6.60. The number of rotatable bonds is 5. The summed E-state index contributed by atoms with van der Waals surface area (Å²) >= 11 is 0. The summed E-state index contributed by atoms with van der Waals surface area (Å²) in [5.74, 6) is -0.163. The minimum Gasteiger partial charge on any atom is -0.294 e. The zero-order valence-corrected chi connectivity index (χ0v) is 10.8. The molecule has 1 aliphatic heterocycles. The van der Waals surface area contributed by atoms with Crippen LogP contribution in [0.3, 0.4) is 0 Å². The molecule has 4 nitrogen and oxygen atoms in total. The number of piperidine rings is 1. The number of carbonyl (C=O) groups is 3. The minimum atomic E-state index is -0.108. The number of ketones is 1. The molecule has 2 rings (SSSR count). The lowest BCUT2D eigenvalue weighted by molar-refractivity contribution is -0.147. The molecule has 0 bridgehead atoms. The van der Waals surface area contributed by atoms with Crippen LogP contribution in [0.5, 0.6) is 0 Å². The Bertz CT molecular complexity index is 465. The largest absolute Gasteiger partial charge is 0.294 e. The van der Waals surface area contributed by atoms with E-state index >= 15 is 0 Å². The van der Waals surface area contributed by atoms with Gasteiger partial charge in [-0.1, -0.05) is 30.3 Å². The molecular formula is C15H17NO3. The van der Waals surface area contributed by atoms with E-state index in [1.54, 1.807) is 12.1 Å². The van der Waals surface area contributed by atoms with Crippen molar-refractivity contribution in [3.63, 3.8) is 0 Å². The van der Waals surface area contributed by atoms with Crippen molar-refractivity contribution >= 4 is 17.6 Å². The van der Waals surface area contributed by atoms with Crippen LogP contribution in [0.2, 0.25) is 0 Å². The topological polar surface area (TPSA) is 54.5 Å². The van der Waals surface area contributed by atoms with Gasteiger partial charge in [-0.2, -0.15) is 0 Å². The zero-order chi connectivity index (χ0) is 13.7. The maximum Gasteiger partial charge on any atom is 0.229 e. The number of carbonyl (C=O) groups excluding carboxylic acids is 3. The molecule has 0 radical (unpaired) electrons. The van der Waals surface area contributed by atoms with Crippen LogP contribution in [0.15, 0.2) is 30.3 Å². The van der Waals surface area contributed by atoms with Gasteiger partial charge < -0.3 is 0 Å². The van der Waals surface area contributed by atoms with Gasteiger partial charge in [0.05, 0.1) is 0 Å². The standard InChI is InChI=1S/C15H17NO3/c17-13(12-6-2-1-3-7-12)8-5-11-16-14(18)9-4-10-15(16)19/h1-3,6-7H,4-5,8-11H2. The lowest BCUT2D eigenvalue weighted by Crippen LogP contribution is -2.40. The van der Waals surface area contributed by atoms with Crippen LogP contribution in [0, 0.1) is 0 Å². The van der Waals surface area contributed by atoms with Gasteiger partial charge in [-0.25, -0.2) is 0 Å². The summed E-state index contributed by atoms with van der Waals surface area (Å²) in [4.78, 5) is 36.3. The van der Waals surface area contributed by atoms with E-state index in [4.69, 9.17) is 0 Å². The van der Waals surface area contributed by atoms with Crippen LogP contribution in [0.1, 0.15) is 42.5 Å². The van der Waals surface area contributed by atoms with Gasteiger partial charge in [0, 0.05) is 31.4 Å². The highest BCUT2D eigenvalue weighted by Crippen LogP contribution is 2.13. The lowest BCUT2D eigenvalue weighted by Gasteiger charge is -2.24. The van der Waals surface area contributed by atoms with Gasteiger partial charge in [0.15, 0.2) is 5.78 Å². The highest BCUT2D eigenvalue weighted by atomic mass is 16.2. The Morgan fingerprint density at radius 3 is 2.32 bits per heavy atom. The van der Waals surface area contributed by atoms with Crippen molar-refractivity contribution in [2.45, 2.75) is 32.1 Å². The van der Waals surface area contributed by atoms with Crippen molar-refractivity contribution in [3.05, 3.63) is 35.9 Å². The predicted octanol–water partition coefficient (Wildman–Crippen LogP) is 2.19. The number of Topliss-reactive ketones (excluding diaryl/α,β-unsaturated/α-hetero) is 1. The summed E-state index contributed by atoms with van der Waals surface area (Å²) < 4.78 is 0. The van der Waals surface area contributed by atoms with E-state index in [0.29, 0.717) is 44.2 Å². The van der Waals surface area contributed by atoms with E-state index < -0.39 is 0 Å². The van der Waals surface area contributed by atoms with Crippen LogP contribution in [-0.2, 0) is 9.59 Å². The number of hydrogen-bond donors (Lipinski definition) is 0. The summed E-state index contributed by atoms with van der Waals surface area (Å²) in [5, 5.41) is 0. The molecular weight excluding hydrogens is 242 g/mol. The third-order valence-electron chi connectivity index (χ3n) is 3.26. The fourth-order valence-electron chi connectivity index (χ4n) is 2.22.